The second-order valence-electron chi connectivity index (χ2n) is 4.69. The Bertz CT molecular complexity index is 288. The number of carbonyl (C=O) groups is 1. The van der Waals surface area contributed by atoms with E-state index in [0.29, 0.717) is 18.8 Å². The molecule has 1 unspecified atom stereocenters. The van der Waals surface area contributed by atoms with Crippen LogP contribution in [0.4, 0.5) is 4.79 Å². The zero-order valence-corrected chi connectivity index (χ0v) is 11.5. The molecule has 1 aliphatic rings. The van der Waals surface area contributed by atoms with Crippen molar-refractivity contribution < 1.29 is 9.00 Å². The summed E-state index contributed by atoms with van der Waals surface area (Å²) in [4.78, 5) is 15.7. The third-order valence-electron chi connectivity index (χ3n) is 3.04. The van der Waals surface area contributed by atoms with Crippen LogP contribution in [0.25, 0.3) is 0 Å². The highest BCUT2D eigenvalue weighted by Gasteiger charge is 2.36. The first-order chi connectivity index (χ1) is 7.42. The first kappa shape index (κ1) is 13.5. The van der Waals surface area contributed by atoms with Crippen LogP contribution in [-0.4, -0.2) is 56.7 Å². The Morgan fingerprint density at radius 2 is 1.94 bits per heavy atom. The highest BCUT2D eigenvalue weighted by molar-refractivity contribution is 7.86. The summed E-state index contributed by atoms with van der Waals surface area (Å²) in [6, 6.07) is 0.0785. The zero-order chi connectivity index (χ0) is 12.3. The number of nitrogens with zero attached hydrogens (tertiary/aromatic N) is 2. The van der Waals surface area contributed by atoms with Gasteiger partial charge in [0.05, 0.1) is 4.75 Å². The van der Waals surface area contributed by atoms with E-state index in [1.165, 1.54) is 0 Å². The minimum atomic E-state index is -0.817. The molecule has 1 aliphatic heterocycles. The van der Waals surface area contributed by atoms with E-state index < -0.39 is 10.8 Å². The molecule has 0 saturated carbocycles. The maximum atomic E-state index is 12.1. The van der Waals surface area contributed by atoms with E-state index in [2.05, 4.69) is 0 Å². The van der Waals surface area contributed by atoms with Crippen LogP contribution in [0.1, 0.15) is 27.7 Å². The molecule has 16 heavy (non-hydrogen) atoms. The van der Waals surface area contributed by atoms with Crippen LogP contribution in [0.2, 0.25) is 0 Å². The Balaban J connectivity index is 2.69. The Kier molecular flexibility index (Phi) is 4.35. The number of rotatable bonds is 2. The van der Waals surface area contributed by atoms with Crippen molar-refractivity contribution in [1.29, 1.82) is 0 Å². The molecule has 0 radical (unpaired) electrons. The maximum Gasteiger partial charge on any atom is 0.320 e. The summed E-state index contributed by atoms with van der Waals surface area (Å²) in [6.07, 6.45) is 0. The quantitative estimate of drug-likeness (QED) is 0.736. The molecule has 1 heterocycles. The number of hydrogen-bond acceptors (Lipinski definition) is 2. The van der Waals surface area contributed by atoms with Crippen LogP contribution in [0.15, 0.2) is 0 Å². The number of hydrogen-bond donors (Lipinski definition) is 0. The largest absolute Gasteiger partial charge is 0.325 e. The predicted octanol–water partition coefficient (Wildman–Crippen LogP) is 1.29. The number of urea groups is 1. The van der Waals surface area contributed by atoms with Gasteiger partial charge >= 0.3 is 6.03 Å². The van der Waals surface area contributed by atoms with E-state index in [1.54, 1.807) is 0 Å². The van der Waals surface area contributed by atoms with E-state index in [1.807, 2.05) is 37.5 Å². The average molecular weight is 246 g/mol. The molecule has 1 atom stereocenters. The second-order valence-corrected chi connectivity index (χ2v) is 6.89. The van der Waals surface area contributed by atoms with Gasteiger partial charge in [-0.2, -0.15) is 0 Å². The normalized spacial score (nSPS) is 24.2. The molecule has 0 N–H and O–H groups in total. The van der Waals surface area contributed by atoms with Crippen LogP contribution in [0, 0.1) is 0 Å². The molecule has 0 aromatic rings. The Hall–Kier alpha value is -0.580. The van der Waals surface area contributed by atoms with Gasteiger partial charge < -0.3 is 9.80 Å². The minimum Gasteiger partial charge on any atom is -0.325 e. The van der Waals surface area contributed by atoms with E-state index in [4.69, 9.17) is 0 Å². The van der Waals surface area contributed by atoms with Crippen molar-refractivity contribution in [3.63, 3.8) is 0 Å². The highest BCUT2D eigenvalue weighted by atomic mass is 32.2. The monoisotopic (exact) mass is 246 g/mol. The average Bonchev–Trinajstić information content (AvgIpc) is 2.23. The van der Waals surface area contributed by atoms with Crippen molar-refractivity contribution in [3.05, 3.63) is 0 Å². The standard InChI is InChI=1S/C11H22N2O2S/c1-5-12(6-2)10(14)13-7-8-16(15)11(3,4)9-13/h5-9H2,1-4H3. The van der Waals surface area contributed by atoms with E-state index in [0.717, 1.165) is 13.1 Å². The van der Waals surface area contributed by atoms with Gasteiger partial charge in [-0.25, -0.2) is 4.79 Å². The van der Waals surface area contributed by atoms with Crippen molar-refractivity contribution in [1.82, 2.24) is 9.80 Å². The first-order valence-electron chi connectivity index (χ1n) is 5.84. The van der Waals surface area contributed by atoms with Crippen molar-refractivity contribution in [2.75, 3.05) is 31.9 Å². The zero-order valence-electron chi connectivity index (χ0n) is 10.7. The van der Waals surface area contributed by atoms with Crippen molar-refractivity contribution in [3.8, 4) is 0 Å². The highest BCUT2D eigenvalue weighted by Crippen LogP contribution is 2.21. The lowest BCUT2D eigenvalue weighted by Gasteiger charge is -2.39. The third kappa shape index (κ3) is 2.75. The van der Waals surface area contributed by atoms with Gasteiger partial charge in [-0.1, -0.05) is 0 Å². The van der Waals surface area contributed by atoms with Gasteiger partial charge in [0.1, 0.15) is 0 Å². The topological polar surface area (TPSA) is 40.6 Å². The molecule has 1 fully saturated rings. The van der Waals surface area contributed by atoms with Gasteiger partial charge in [-0.15, -0.1) is 0 Å². The molecule has 0 aromatic heterocycles. The summed E-state index contributed by atoms with van der Waals surface area (Å²) in [5.74, 6) is 0.597. The SMILES string of the molecule is CCN(CC)C(=O)N1CCS(=O)C(C)(C)C1. The summed E-state index contributed by atoms with van der Waals surface area (Å²) >= 11 is 0. The summed E-state index contributed by atoms with van der Waals surface area (Å²) < 4.78 is 11.5. The third-order valence-corrected chi connectivity index (χ3v) is 4.95. The van der Waals surface area contributed by atoms with Gasteiger partial charge in [0, 0.05) is 42.7 Å². The van der Waals surface area contributed by atoms with E-state index in [-0.39, 0.29) is 10.8 Å². The lowest BCUT2D eigenvalue weighted by atomic mass is 10.2. The Morgan fingerprint density at radius 3 is 2.38 bits per heavy atom. The van der Waals surface area contributed by atoms with Crippen LogP contribution < -0.4 is 0 Å². The molecule has 0 spiro atoms. The van der Waals surface area contributed by atoms with Gasteiger partial charge in [0.2, 0.25) is 0 Å². The van der Waals surface area contributed by atoms with Crippen LogP contribution in [0.3, 0.4) is 0 Å². The van der Waals surface area contributed by atoms with Crippen molar-refractivity contribution in [2.45, 2.75) is 32.4 Å². The summed E-state index contributed by atoms with van der Waals surface area (Å²) in [5, 5.41) is 0. The number of carbonyl (C=O) groups excluding carboxylic acids is 1. The fourth-order valence-corrected chi connectivity index (χ4v) is 3.18. The molecule has 1 rings (SSSR count). The molecular formula is C11H22N2O2S. The smallest absolute Gasteiger partial charge is 0.320 e. The van der Waals surface area contributed by atoms with Gasteiger partial charge in [-0.3, -0.25) is 4.21 Å². The van der Waals surface area contributed by atoms with Crippen LogP contribution in [0.5, 0.6) is 0 Å². The Labute approximate surface area is 100 Å². The van der Waals surface area contributed by atoms with E-state index >= 15 is 0 Å². The fourth-order valence-electron chi connectivity index (χ4n) is 1.94. The van der Waals surface area contributed by atoms with Crippen LogP contribution in [-0.2, 0) is 10.8 Å². The number of amides is 2. The van der Waals surface area contributed by atoms with Gasteiger partial charge in [0.15, 0.2) is 0 Å². The molecule has 94 valence electrons. The summed E-state index contributed by atoms with van der Waals surface area (Å²) in [5.41, 5.74) is 0. The lowest BCUT2D eigenvalue weighted by Crippen LogP contribution is -2.55. The molecular weight excluding hydrogens is 224 g/mol. The minimum absolute atomic E-state index is 0.0785. The van der Waals surface area contributed by atoms with Crippen molar-refractivity contribution in [2.24, 2.45) is 0 Å². The van der Waals surface area contributed by atoms with Gasteiger partial charge in [-0.05, 0) is 27.7 Å². The van der Waals surface area contributed by atoms with E-state index in [9.17, 15) is 9.00 Å². The molecule has 2 amide bonds. The van der Waals surface area contributed by atoms with Crippen LogP contribution >= 0.6 is 0 Å². The van der Waals surface area contributed by atoms with Gasteiger partial charge in [0.25, 0.3) is 0 Å². The fraction of sp³-hybridized carbons (Fsp3) is 0.909. The summed E-state index contributed by atoms with van der Waals surface area (Å²) in [6.45, 7) is 10.6. The molecule has 4 nitrogen and oxygen atoms in total. The summed E-state index contributed by atoms with van der Waals surface area (Å²) in [7, 11) is -0.817. The molecule has 5 heteroatoms. The lowest BCUT2D eigenvalue weighted by molar-refractivity contribution is 0.154. The Morgan fingerprint density at radius 1 is 1.38 bits per heavy atom. The molecule has 1 saturated heterocycles. The first-order valence-corrected chi connectivity index (χ1v) is 7.16. The molecule has 0 bridgehead atoms. The molecule has 0 aromatic carbocycles. The maximum absolute atomic E-state index is 12.1. The molecule has 0 aliphatic carbocycles. The van der Waals surface area contributed by atoms with Crippen molar-refractivity contribution >= 4 is 16.8 Å². The second kappa shape index (κ2) is 5.17. The predicted molar refractivity (Wildman–Crippen MR) is 67.0 cm³/mol.